The van der Waals surface area contributed by atoms with Crippen molar-refractivity contribution in [2.75, 3.05) is 7.11 Å². The normalized spacial score (nSPS) is 9.79. The second-order valence-electron chi connectivity index (χ2n) is 1.48. The largest absolute Gasteiger partial charge is 1.00 e. The maximum atomic E-state index is 9.75. The number of halogens is 12. The Morgan fingerprint density at radius 1 is 0.526 bits per heavy atom. The van der Waals surface area contributed by atoms with Crippen molar-refractivity contribution in [1.29, 1.82) is 0 Å². The SMILES string of the molecule is C.CO.F[B-](F)(F)F.F[B-](F)(F)F.F[B-](F)(F)F.[H-].[K+]. The molecule has 0 unspecified atom stereocenters. The Balaban J connectivity index is -0.0000000222. The van der Waals surface area contributed by atoms with Gasteiger partial charge in [-0.3, -0.25) is 0 Å². The topological polar surface area (TPSA) is 20.2 Å². The van der Waals surface area contributed by atoms with Crippen LogP contribution in [0.3, 0.4) is 0 Å². The molecule has 0 fully saturated rings. The monoisotopic (exact) mass is 349 g/mol. The fraction of sp³-hybridized carbons (Fsp3) is 1.00. The van der Waals surface area contributed by atoms with Gasteiger partial charge in [-0.2, -0.15) is 0 Å². The van der Waals surface area contributed by atoms with Crippen LogP contribution >= 0.6 is 0 Å². The Morgan fingerprint density at radius 3 is 0.526 bits per heavy atom. The van der Waals surface area contributed by atoms with Crippen LogP contribution in [-0.4, -0.2) is 34.0 Å². The van der Waals surface area contributed by atoms with E-state index in [0.29, 0.717) is 0 Å². The van der Waals surface area contributed by atoms with Crippen molar-refractivity contribution < 1.29 is 110 Å². The maximum Gasteiger partial charge on any atom is 1.00 e. The smallest absolute Gasteiger partial charge is 1.00 e. The Labute approximate surface area is 145 Å². The van der Waals surface area contributed by atoms with Crippen LogP contribution in [0.15, 0.2) is 0 Å². The molecule has 0 aliphatic heterocycles. The molecule has 0 aliphatic rings. The molecule has 120 valence electrons. The third-order valence-corrected chi connectivity index (χ3v) is 0. The molecule has 1 nitrogen and oxygen atoms in total. The van der Waals surface area contributed by atoms with E-state index in [0.717, 1.165) is 7.11 Å². The Bertz CT molecular complexity index is 112. The zero-order chi connectivity index (χ0) is 15.5. The van der Waals surface area contributed by atoms with Crippen LogP contribution in [0.2, 0.25) is 0 Å². The second kappa shape index (κ2) is 17.0. The standard InChI is InChI=1S/CH4O.CH4.3BF4.K.H/c1-2;;3*2-1(3,4)5;;/h2H,1H3;1H4;;;;;/q;;3*-1;+1;-1. The minimum atomic E-state index is -6.00. The van der Waals surface area contributed by atoms with E-state index in [1.54, 1.807) is 0 Å². The van der Waals surface area contributed by atoms with E-state index in [1.807, 2.05) is 0 Å². The zero-order valence-corrected chi connectivity index (χ0v) is 11.8. The van der Waals surface area contributed by atoms with Gasteiger partial charge in [0.05, 0.1) is 0 Å². The average molecular weight is 349 g/mol. The van der Waals surface area contributed by atoms with Gasteiger partial charge in [0.1, 0.15) is 0 Å². The van der Waals surface area contributed by atoms with Gasteiger partial charge in [0.2, 0.25) is 0 Å². The summed E-state index contributed by atoms with van der Waals surface area (Å²) < 4.78 is 117. The molecule has 0 aromatic rings. The van der Waals surface area contributed by atoms with Crippen molar-refractivity contribution in [2.45, 2.75) is 7.43 Å². The molecule has 1 N–H and O–H groups in total. The van der Waals surface area contributed by atoms with Gasteiger partial charge in [-0.1, -0.05) is 7.43 Å². The molecule has 0 aromatic heterocycles. The molecule has 0 radical (unpaired) electrons. The summed E-state index contributed by atoms with van der Waals surface area (Å²) in [6, 6.07) is 0. The van der Waals surface area contributed by atoms with Crippen molar-refractivity contribution in [1.82, 2.24) is 0 Å². The van der Waals surface area contributed by atoms with Crippen LogP contribution in [0.1, 0.15) is 8.85 Å². The van der Waals surface area contributed by atoms with Crippen LogP contribution in [0, 0.1) is 0 Å². The first-order chi connectivity index (χ1) is 7.00. The summed E-state index contributed by atoms with van der Waals surface area (Å²) in [5.41, 5.74) is 0. The summed E-state index contributed by atoms with van der Waals surface area (Å²) in [6.07, 6.45) is 0. The first-order valence-corrected chi connectivity index (χ1v) is 3.07. The molecule has 0 saturated carbocycles. The molecular formula is C2H9B3F12KO-3. The molecule has 0 aromatic carbocycles. The predicted octanol–water partition coefficient (Wildman–Crippen LogP) is 1.26. The van der Waals surface area contributed by atoms with Gasteiger partial charge in [-0.25, -0.2) is 0 Å². The van der Waals surface area contributed by atoms with Crippen LogP contribution in [0.25, 0.3) is 0 Å². The van der Waals surface area contributed by atoms with Gasteiger partial charge in [0, 0.05) is 7.11 Å². The van der Waals surface area contributed by atoms with Crippen molar-refractivity contribution in [3.8, 4) is 0 Å². The van der Waals surface area contributed by atoms with Crippen LogP contribution in [0.5, 0.6) is 0 Å². The molecule has 0 spiro atoms. The van der Waals surface area contributed by atoms with Gasteiger partial charge < -0.3 is 58.3 Å². The number of rotatable bonds is 0. The van der Waals surface area contributed by atoms with E-state index < -0.39 is 21.8 Å². The predicted molar refractivity (Wildman–Crippen MR) is 46.5 cm³/mol. The van der Waals surface area contributed by atoms with Crippen molar-refractivity contribution in [3.63, 3.8) is 0 Å². The molecule has 0 atom stereocenters. The molecule has 0 heterocycles. The fourth-order valence-electron chi connectivity index (χ4n) is 0. The van der Waals surface area contributed by atoms with E-state index in [-0.39, 0.29) is 60.2 Å². The summed E-state index contributed by atoms with van der Waals surface area (Å²) in [5, 5.41) is 7.00. The van der Waals surface area contributed by atoms with Crippen LogP contribution in [-0.2, 0) is 0 Å². The van der Waals surface area contributed by atoms with Gasteiger partial charge in [-0.15, -0.1) is 0 Å². The van der Waals surface area contributed by atoms with E-state index >= 15 is 0 Å². The minimum Gasteiger partial charge on any atom is -1.00 e. The summed E-state index contributed by atoms with van der Waals surface area (Å²) >= 11 is 0. The summed E-state index contributed by atoms with van der Waals surface area (Å²) in [6.45, 7) is 0. The zero-order valence-electron chi connectivity index (χ0n) is 9.71. The summed E-state index contributed by atoms with van der Waals surface area (Å²) in [7, 11) is -17.0. The van der Waals surface area contributed by atoms with E-state index in [9.17, 15) is 51.8 Å². The quantitative estimate of drug-likeness (QED) is 0.516. The molecule has 0 aliphatic carbocycles. The van der Waals surface area contributed by atoms with Gasteiger partial charge in [-0.05, 0) is 0 Å². The van der Waals surface area contributed by atoms with Gasteiger partial charge >= 0.3 is 73.1 Å². The van der Waals surface area contributed by atoms with Crippen molar-refractivity contribution in [3.05, 3.63) is 0 Å². The molecule has 0 rings (SSSR count). The van der Waals surface area contributed by atoms with E-state index in [4.69, 9.17) is 5.11 Å². The summed E-state index contributed by atoms with van der Waals surface area (Å²) in [5.74, 6) is 0. The molecule has 0 saturated heterocycles. The van der Waals surface area contributed by atoms with E-state index in [2.05, 4.69) is 0 Å². The third-order valence-electron chi connectivity index (χ3n) is 0. The molecule has 0 bridgehead atoms. The number of hydrogen-bond donors (Lipinski definition) is 1. The molecule has 0 amide bonds. The fourth-order valence-corrected chi connectivity index (χ4v) is 0. The molecular weight excluding hydrogens is 340 g/mol. The minimum absolute atomic E-state index is 0. The van der Waals surface area contributed by atoms with Gasteiger partial charge in [0.15, 0.2) is 0 Å². The average Bonchev–Trinajstić information content (AvgIpc) is 1.77. The Morgan fingerprint density at radius 2 is 0.526 bits per heavy atom. The summed E-state index contributed by atoms with van der Waals surface area (Å²) in [4.78, 5) is 0. The number of hydrogen-bond acceptors (Lipinski definition) is 1. The molecule has 19 heavy (non-hydrogen) atoms. The number of aliphatic hydroxyl groups is 1. The molecule has 17 heteroatoms. The van der Waals surface area contributed by atoms with E-state index in [1.165, 1.54) is 0 Å². The first kappa shape index (κ1) is 36.8. The third kappa shape index (κ3) is 6020. The number of aliphatic hydroxyl groups excluding tert-OH is 1. The maximum absolute atomic E-state index is 9.75. The van der Waals surface area contributed by atoms with Crippen molar-refractivity contribution >= 4 is 21.8 Å². The van der Waals surface area contributed by atoms with Crippen LogP contribution < -0.4 is 51.4 Å². The first-order valence-electron chi connectivity index (χ1n) is 3.07. The Hall–Kier alpha value is 0.951. The van der Waals surface area contributed by atoms with Gasteiger partial charge in [0.25, 0.3) is 0 Å². The van der Waals surface area contributed by atoms with Crippen LogP contribution in [0.4, 0.5) is 51.8 Å². The second-order valence-corrected chi connectivity index (χ2v) is 1.48. The van der Waals surface area contributed by atoms with Crippen molar-refractivity contribution in [2.24, 2.45) is 0 Å². The Kier molecular flexibility index (Phi) is 32.9.